The van der Waals surface area contributed by atoms with Crippen molar-refractivity contribution in [1.29, 1.82) is 0 Å². The van der Waals surface area contributed by atoms with E-state index in [-0.39, 0.29) is 5.41 Å². The monoisotopic (exact) mass is 199 g/mol. The summed E-state index contributed by atoms with van der Waals surface area (Å²) in [5, 5.41) is 1.28. The second-order valence-corrected chi connectivity index (χ2v) is 4.89. The number of para-hydroxylation sites is 1. The Morgan fingerprint density at radius 3 is 2.47 bits per heavy atom. The van der Waals surface area contributed by atoms with Gasteiger partial charge in [-0.15, -0.1) is 0 Å². The molecule has 2 rings (SSSR count). The third-order valence-corrected chi connectivity index (χ3v) is 2.70. The van der Waals surface area contributed by atoms with E-state index in [1.165, 1.54) is 16.6 Å². The van der Waals surface area contributed by atoms with Gasteiger partial charge in [-0.3, -0.25) is 0 Å². The zero-order valence-electron chi connectivity index (χ0n) is 9.62. The average Bonchev–Trinajstić information content (AvgIpc) is 2.55. The minimum atomic E-state index is 0.146. The van der Waals surface area contributed by atoms with E-state index in [2.05, 4.69) is 62.2 Å². The zero-order chi connectivity index (χ0) is 11.1. The molecule has 1 nitrogen and oxygen atoms in total. The van der Waals surface area contributed by atoms with Crippen LogP contribution in [0.5, 0.6) is 0 Å². The average molecular weight is 199 g/mol. The molecular weight excluding hydrogens is 182 g/mol. The van der Waals surface area contributed by atoms with E-state index < -0.39 is 0 Å². The number of aromatic nitrogens is 1. The Balaban J connectivity index is 2.81. The molecule has 1 heterocycles. The zero-order valence-corrected chi connectivity index (χ0v) is 9.62. The second-order valence-electron chi connectivity index (χ2n) is 4.89. The molecule has 78 valence electrons. The number of hydrogen-bond acceptors (Lipinski definition) is 0. The second kappa shape index (κ2) is 3.27. The third-order valence-electron chi connectivity index (χ3n) is 2.70. The molecule has 0 N–H and O–H groups in total. The molecule has 0 unspecified atom stereocenters. The van der Waals surface area contributed by atoms with E-state index in [4.69, 9.17) is 0 Å². The van der Waals surface area contributed by atoms with Gasteiger partial charge in [-0.2, -0.15) is 0 Å². The van der Waals surface area contributed by atoms with Crippen molar-refractivity contribution in [2.24, 2.45) is 0 Å². The molecule has 0 aliphatic carbocycles. The van der Waals surface area contributed by atoms with Crippen LogP contribution in [0.25, 0.3) is 17.1 Å². The lowest BCUT2D eigenvalue weighted by molar-refractivity contribution is 0.563. The van der Waals surface area contributed by atoms with Gasteiger partial charge < -0.3 is 4.57 Å². The minimum Gasteiger partial charge on any atom is -0.320 e. The Morgan fingerprint density at radius 2 is 1.87 bits per heavy atom. The fourth-order valence-corrected chi connectivity index (χ4v) is 1.95. The van der Waals surface area contributed by atoms with Gasteiger partial charge in [0.1, 0.15) is 0 Å². The van der Waals surface area contributed by atoms with Crippen molar-refractivity contribution >= 4 is 17.1 Å². The van der Waals surface area contributed by atoms with Crippen molar-refractivity contribution in [2.45, 2.75) is 26.2 Å². The van der Waals surface area contributed by atoms with Gasteiger partial charge in [0, 0.05) is 22.7 Å². The lowest BCUT2D eigenvalue weighted by Crippen LogP contribution is -2.14. The molecule has 0 amide bonds. The van der Waals surface area contributed by atoms with Crippen LogP contribution in [0, 0.1) is 0 Å². The molecule has 0 atom stereocenters. The minimum absolute atomic E-state index is 0.146. The lowest BCUT2D eigenvalue weighted by atomic mass is 9.92. The smallest absolute Gasteiger partial charge is 0.0525 e. The predicted molar refractivity (Wildman–Crippen MR) is 67.0 cm³/mol. The summed E-state index contributed by atoms with van der Waals surface area (Å²) in [5.41, 5.74) is 2.68. The van der Waals surface area contributed by atoms with Crippen LogP contribution in [0.2, 0.25) is 0 Å². The highest BCUT2D eigenvalue weighted by Crippen LogP contribution is 2.29. The fraction of sp³-hybridized carbons (Fsp3) is 0.286. The highest BCUT2D eigenvalue weighted by Gasteiger charge is 2.19. The summed E-state index contributed by atoms with van der Waals surface area (Å²) in [6.45, 7) is 10.6. The van der Waals surface area contributed by atoms with Gasteiger partial charge in [0.05, 0.1) is 5.52 Å². The molecule has 0 bridgehead atoms. The summed E-state index contributed by atoms with van der Waals surface area (Å²) in [4.78, 5) is 0. The first-order valence-corrected chi connectivity index (χ1v) is 5.27. The van der Waals surface area contributed by atoms with Gasteiger partial charge in [0.2, 0.25) is 0 Å². The summed E-state index contributed by atoms with van der Waals surface area (Å²) >= 11 is 0. The van der Waals surface area contributed by atoms with E-state index in [1.54, 1.807) is 0 Å². The van der Waals surface area contributed by atoms with Crippen molar-refractivity contribution < 1.29 is 0 Å². The maximum absolute atomic E-state index is 3.89. The number of rotatable bonds is 1. The SMILES string of the molecule is C=Cn1c(C(C)(C)C)cc2ccccc21. The van der Waals surface area contributed by atoms with Crippen molar-refractivity contribution in [1.82, 2.24) is 4.57 Å². The van der Waals surface area contributed by atoms with Crippen molar-refractivity contribution in [3.05, 3.63) is 42.6 Å². The van der Waals surface area contributed by atoms with Gasteiger partial charge in [-0.1, -0.05) is 45.5 Å². The first-order valence-electron chi connectivity index (χ1n) is 5.27. The number of benzene rings is 1. The molecule has 0 fully saturated rings. The Morgan fingerprint density at radius 1 is 1.20 bits per heavy atom. The summed E-state index contributed by atoms with van der Waals surface area (Å²) in [6.07, 6.45) is 1.89. The summed E-state index contributed by atoms with van der Waals surface area (Å²) in [6, 6.07) is 10.7. The summed E-state index contributed by atoms with van der Waals surface area (Å²) < 4.78 is 2.18. The molecule has 0 aliphatic rings. The van der Waals surface area contributed by atoms with E-state index in [9.17, 15) is 0 Å². The standard InChI is InChI=1S/C14H17N/c1-5-15-12-9-7-6-8-11(12)10-13(15)14(2,3)4/h5-10H,1H2,2-4H3. The van der Waals surface area contributed by atoms with Gasteiger partial charge in [0.25, 0.3) is 0 Å². The number of hydrogen-bond donors (Lipinski definition) is 0. The predicted octanol–water partition coefficient (Wildman–Crippen LogP) is 4.04. The Kier molecular flexibility index (Phi) is 2.18. The first-order chi connectivity index (χ1) is 7.04. The molecular formula is C14H17N. The number of nitrogens with zero attached hydrogens (tertiary/aromatic N) is 1. The van der Waals surface area contributed by atoms with Crippen LogP contribution in [0.4, 0.5) is 0 Å². The van der Waals surface area contributed by atoms with Crippen LogP contribution in [0.15, 0.2) is 36.9 Å². The molecule has 1 aromatic carbocycles. The topological polar surface area (TPSA) is 4.93 Å². The molecule has 15 heavy (non-hydrogen) atoms. The van der Waals surface area contributed by atoms with Crippen molar-refractivity contribution in [3.8, 4) is 0 Å². The molecule has 2 aromatic rings. The van der Waals surface area contributed by atoms with E-state index in [0.717, 1.165) is 0 Å². The Hall–Kier alpha value is -1.50. The maximum Gasteiger partial charge on any atom is 0.0525 e. The summed E-state index contributed by atoms with van der Waals surface area (Å²) in [5.74, 6) is 0. The van der Waals surface area contributed by atoms with Gasteiger partial charge >= 0.3 is 0 Å². The lowest BCUT2D eigenvalue weighted by Gasteiger charge is -2.19. The molecule has 0 saturated heterocycles. The number of fused-ring (bicyclic) bond motifs is 1. The van der Waals surface area contributed by atoms with Crippen LogP contribution >= 0.6 is 0 Å². The highest BCUT2D eigenvalue weighted by molar-refractivity contribution is 5.83. The maximum atomic E-state index is 3.89. The van der Waals surface area contributed by atoms with Crippen LogP contribution in [0.1, 0.15) is 26.5 Å². The molecule has 1 aromatic heterocycles. The molecule has 1 heteroatoms. The summed E-state index contributed by atoms with van der Waals surface area (Å²) in [7, 11) is 0. The van der Waals surface area contributed by atoms with Crippen LogP contribution in [-0.2, 0) is 5.41 Å². The molecule has 0 radical (unpaired) electrons. The van der Waals surface area contributed by atoms with Crippen LogP contribution in [0.3, 0.4) is 0 Å². The van der Waals surface area contributed by atoms with E-state index in [0.29, 0.717) is 0 Å². The van der Waals surface area contributed by atoms with Gasteiger partial charge in [-0.25, -0.2) is 0 Å². The van der Waals surface area contributed by atoms with Gasteiger partial charge in [-0.05, 0) is 12.1 Å². The van der Waals surface area contributed by atoms with Crippen molar-refractivity contribution in [3.63, 3.8) is 0 Å². The normalized spacial score (nSPS) is 11.9. The third kappa shape index (κ3) is 1.58. The van der Waals surface area contributed by atoms with Crippen LogP contribution in [-0.4, -0.2) is 4.57 Å². The fourth-order valence-electron chi connectivity index (χ4n) is 1.95. The first kappa shape index (κ1) is 10.0. The van der Waals surface area contributed by atoms with Crippen LogP contribution < -0.4 is 0 Å². The molecule has 0 spiro atoms. The van der Waals surface area contributed by atoms with Crippen molar-refractivity contribution in [2.75, 3.05) is 0 Å². The molecule has 0 saturated carbocycles. The molecule has 0 aliphatic heterocycles. The largest absolute Gasteiger partial charge is 0.320 e. The van der Waals surface area contributed by atoms with Gasteiger partial charge in [0.15, 0.2) is 0 Å². The highest BCUT2D eigenvalue weighted by atomic mass is 15.0. The Labute approximate surface area is 91.0 Å². The quantitative estimate of drug-likeness (QED) is 0.653. The van der Waals surface area contributed by atoms with E-state index >= 15 is 0 Å². The Bertz CT molecular complexity index is 498. The van der Waals surface area contributed by atoms with E-state index in [1.807, 2.05) is 6.20 Å².